The summed E-state index contributed by atoms with van der Waals surface area (Å²) in [7, 11) is -3.46. The fraction of sp³-hybridized carbons (Fsp3) is 0.455. The number of sulfonamides is 1. The quantitative estimate of drug-likeness (QED) is 0.853. The van der Waals surface area contributed by atoms with E-state index < -0.39 is 15.3 Å². The number of hydrogen-bond donors (Lipinski definition) is 1. The van der Waals surface area contributed by atoms with Crippen molar-refractivity contribution in [2.45, 2.75) is 31.4 Å². The van der Waals surface area contributed by atoms with Crippen LogP contribution in [0, 0.1) is 0 Å². The van der Waals surface area contributed by atoms with Crippen molar-refractivity contribution in [3.8, 4) is 0 Å². The van der Waals surface area contributed by atoms with E-state index in [4.69, 9.17) is 5.14 Å². The molecule has 2 atom stereocenters. The van der Waals surface area contributed by atoms with Gasteiger partial charge in [-0.25, -0.2) is 13.6 Å². The Balaban J connectivity index is 2.98. The van der Waals surface area contributed by atoms with E-state index in [1.165, 1.54) is 0 Å². The molecule has 0 saturated heterocycles. The van der Waals surface area contributed by atoms with E-state index in [0.717, 1.165) is 5.56 Å². The van der Waals surface area contributed by atoms with E-state index in [2.05, 4.69) is 0 Å². The summed E-state index contributed by atoms with van der Waals surface area (Å²) in [6.45, 7) is 3.74. The number of primary sulfonamides is 1. The summed E-state index contributed by atoms with van der Waals surface area (Å²) in [5, 5.41) is 4.70. The molecule has 3 nitrogen and oxygen atoms in total. The summed E-state index contributed by atoms with van der Waals surface area (Å²) >= 11 is 0. The number of nitrogens with two attached hydrogens (primary N) is 1. The van der Waals surface area contributed by atoms with Gasteiger partial charge in [0.15, 0.2) is 0 Å². The van der Waals surface area contributed by atoms with Crippen molar-refractivity contribution in [1.29, 1.82) is 0 Å². The first-order valence-electron chi connectivity index (χ1n) is 5.03. The third kappa shape index (κ3) is 3.04. The molecule has 1 aromatic rings. The third-order valence-electron chi connectivity index (χ3n) is 2.71. The van der Waals surface area contributed by atoms with Crippen LogP contribution in [0.15, 0.2) is 30.3 Å². The van der Waals surface area contributed by atoms with Crippen molar-refractivity contribution < 1.29 is 8.42 Å². The molecule has 0 saturated carbocycles. The second-order valence-electron chi connectivity index (χ2n) is 3.74. The third-order valence-corrected chi connectivity index (χ3v) is 4.29. The number of benzene rings is 1. The Hall–Kier alpha value is -0.870. The van der Waals surface area contributed by atoms with Gasteiger partial charge in [0, 0.05) is 0 Å². The molecule has 4 heteroatoms. The molecule has 0 aliphatic carbocycles. The first-order valence-corrected chi connectivity index (χ1v) is 6.64. The highest BCUT2D eigenvalue weighted by Gasteiger charge is 2.26. The van der Waals surface area contributed by atoms with Crippen LogP contribution < -0.4 is 5.14 Å². The predicted molar refractivity (Wildman–Crippen MR) is 62.0 cm³/mol. The van der Waals surface area contributed by atoms with Crippen LogP contribution in [0.25, 0.3) is 0 Å². The molecule has 0 bridgehead atoms. The summed E-state index contributed by atoms with van der Waals surface area (Å²) in [5.74, 6) is -0.0637. The minimum absolute atomic E-state index is 0.0637. The summed E-state index contributed by atoms with van der Waals surface area (Å²) in [4.78, 5) is 0. The summed E-state index contributed by atoms with van der Waals surface area (Å²) in [5.41, 5.74) is 1.01. The van der Waals surface area contributed by atoms with Crippen molar-refractivity contribution in [2.24, 2.45) is 5.14 Å². The smallest absolute Gasteiger partial charge is 0.212 e. The first-order chi connectivity index (χ1) is 6.96. The fourth-order valence-electron chi connectivity index (χ4n) is 1.84. The van der Waals surface area contributed by atoms with Crippen LogP contribution in [0.3, 0.4) is 0 Å². The van der Waals surface area contributed by atoms with Gasteiger partial charge in [0.05, 0.1) is 5.25 Å². The normalized spacial score (nSPS) is 15.9. The van der Waals surface area contributed by atoms with Gasteiger partial charge in [-0.05, 0) is 17.9 Å². The molecule has 15 heavy (non-hydrogen) atoms. The lowest BCUT2D eigenvalue weighted by molar-refractivity contribution is 0.556. The Morgan fingerprint density at radius 2 is 1.80 bits per heavy atom. The predicted octanol–water partition coefficient (Wildman–Crippen LogP) is 1.86. The molecule has 0 fully saturated rings. The second kappa shape index (κ2) is 4.77. The lowest BCUT2D eigenvalue weighted by Crippen LogP contribution is -2.32. The molecule has 0 amide bonds. The lowest BCUT2D eigenvalue weighted by atomic mass is 9.96. The highest BCUT2D eigenvalue weighted by Crippen LogP contribution is 2.24. The molecule has 2 unspecified atom stereocenters. The average molecular weight is 227 g/mol. The molecule has 1 rings (SSSR count). The molecule has 0 spiro atoms. The minimum Gasteiger partial charge on any atom is -0.228 e. The Kier molecular flexibility index (Phi) is 3.88. The highest BCUT2D eigenvalue weighted by atomic mass is 32.2. The molecule has 0 radical (unpaired) electrons. The van der Waals surface area contributed by atoms with Crippen molar-refractivity contribution in [2.75, 3.05) is 0 Å². The summed E-state index contributed by atoms with van der Waals surface area (Å²) < 4.78 is 22.7. The van der Waals surface area contributed by atoms with Crippen molar-refractivity contribution >= 4 is 10.0 Å². The van der Waals surface area contributed by atoms with E-state index in [1.807, 2.05) is 44.2 Å². The zero-order valence-electron chi connectivity index (χ0n) is 9.05. The largest absolute Gasteiger partial charge is 0.228 e. The molecule has 0 aromatic heterocycles. The number of hydrogen-bond acceptors (Lipinski definition) is 2. The van der Waals surface area contributed by atoms with Gasteiger partial charge >= 0.3 is 0 Å². The van der Waals surface area contributed by atoms with Crippen LogP contribution in [-0.2, 0) is 10.0 Å². The maximum atomic E-state index is 11.4. The van der Waals surface area contributed by atoms with Crippen LogP contribution in [0.5, 0.6) is 0 Å². The Morgan fingerprint density at radius 3 is 2.20 bits per heavy atom. The molecule has 2 N–H and O–H groups in total. The SMILES string of the molecule is CCC(C(C)c1ccccc1)S(N)(=O)=O. The second-order valence-corrected chi connectivity index (χ2v) is 5.52. The molecular weight excluding hydrogens is 210 g/mol. The summed E-state index contributed by atoms with van der Waals surface area (Å²) in [6, 6.07) is 9.58. The summed E-state index contributed by atoms with van der Waals surface area (Å²) in [6.07, 6.45) is 0.537. The Morgan fingerprint density at radius 1 is 1.27 bits per heavy atom. The molecule has 0 heterocycles. The first kappa shape index (κ1) is 12.2. The zero-order chi connectivity index (χ0) is 11.5. The fourth-order valence-corrected chi connectivity index (χ4v) is 3.03. The van der Waals surface area contributed by atoms with E-state index in [0.29, 0.717) is 6.42 Å². The van der Waals surface area contributed by atoms with Crippen LogP contribution in [0.4, 0.5) is 0 Å². The zero-order valence-corrected chi connectivity index (χ0v) is 9.87. The van der Waals surface area contributed by atoms with Gasteiger partial charge in [-0.15, -0.1) is 0 Å². The molecule has 0 aliphatic heterocycles. The Bertz CT molecular complexity index is 400. The highest BCUT2D eigenvalue weighted by molar-refractivity contribution is 7.89. The molecule has 0 aliphatic rings. The topological polar surface area (TPSA) is 60.2 Å². The van der Waals surface area contributed by atoms with Gasteiger partial charge < -0.3 is 0 Å². The van der Waals surface area contributed by atoms with Gasteiger partial charge in [-0.1, -0.05) is 44.2 Å². The standard InChI is InChI=1S/C11H17NO2S/c1-3-11(15(12,13)14)9(2)10-7-5-4-6-8-10/h4-9,11H,3H2,1-2H3,(H2,12,13,14). The van der Waals surface area contributed by atoms with Gasteiger partial charge in [-0.3, -0.25) is 0 Å². The van der Waals surface area contributed by atoms with Crippen LogP contribution in [0.2, 0.25) is 0 Å². The average Bonchev–Trinajstić information content (AvgIpc) is 2.18. The lowest BCUT2D eigenvalue weighted by Gasteiger charge is -2.20. The van der Waals surface area contributed by atoms with Crippen molar-refractivity contribution in [1.82, 2.24) is 0 Å². The molecule has 1 aromatic carbocycles. The number of rotatable bonds is 4. The van der Waals surface area contributed by atoms with E-state index in [1.54, 1.807) is 0 Å². The minimum atomic E-state index is -3.46. The maximum Gasteiger partial charge on any atom is 0.212 e. The van der Waals surface area contributed by atoms with Gasteiger partial charge in [0.25, 0.3) is 0 Å². The van der Waals surface area contributed by atoms with Crippen LogP contribution >= 0.6 is 0 Å². The van der Waals surface area contributed by atoms with Crippen LogP contribution in [0.1, 0.15) is 31.7 Å². The van der Waals surface area contributed by atoms with Crippen molar-refractivity contribution in [3.05, 3.63) is 35.9 Å². The van der Waals surface area contributed by atoms with Gasteiger partial charge in [0.1, 0.15) is 0 Å². The molecule has 84 valence electrons. The van der Waals surface area contributed by atoms with E-state index >= 15 is 0 Å². The monoisotopic (exact) mass is 227 g/mol. The van der Waals surface area contributed by atoms with E-state index in [-0.39, 0.29) is 5.92 Å². The van der Waals surface area contributed by atoms with Crippen molar-refractivity contribution in [3.63, 3.8) is 0 Å². The van der Waals surface area contributed by atoms with Gasteiger partial charge in [-0.2, -0.15) is 0 Å². The Labute approximate surface area is 91.4 Å². The van der Waals surface area contributed by atoms with Crippen LogP contribution in [-0.4, -0.2) is 13.7 Å². The maximum absolute atomic E-state index is 11.4. The van der Waals surface area contributed by atoms with E-state index in [9.17, 15) is 8.42 Å². The van der Waals surface area contributed by atoms with Gasteiger partial charge in [0.2, 0.25) is 10.0 Å². The molecular formula is C11H17NO2S.